The van der Waals surface area contributed by atoms with E-state index in [2.05, 4.69) is 10.3 Å². The van der Waals surface area contributed by atoms with Crippen molar-refractivity contribution in [2.45, 2.75) is 33.0 Å². The summed E-state index contributed by atoms with van der Waals surface area (Å²) < 4.78 is 12.9. The van der Waals surface area contributed by atoms with Crippen LogP contribution < -0.4 is 15.2 Å². The maximum Gasteiger partial charge on any atom is 0.132 e. The van der Waals surface area contributed by atoms with Crippen LogP contribution in [0.1, 0.15) is 24.7 Å². The number of aromatic nitrogens is 3. The van der Waals surface area contributed by atoms with Gasteiger partial charge in [0.15, 0.2) is 0 Å². The van der Waals surface area contributed by atoms with Crippen molar-refractivity contribution >= 4 is 0 Å². The molecule has 2 rings (SSSR count). The second-order valence-electron chi connectivity index (χ2n) is 4.68. The summed E-state index contributed by atoms with van der Waals surface area (Å²) in [6.07, 6.45) is 0.615. The summed E-state index contributed by atoms with van der Waals surface area (Å²) in [7, 11) is 0. The fourth-order valence-electron chi connectivity index (χ4n) is 2.04. The predicted octanol–water partition coefficient (Wildman–Crippen LogP) is 1.10. The minimum Gasteiger partial charge on any atom is -0.494 e. The normalized spacial score (nSPS) is 10.7. The number of nitrogens with zero attached hydrogens (tertiary/aromatic N) is 3. The molecule has 0 saturated heterocycles. The molecule has 1 heterocycles. The molecule has 2 aromatic rings. The Morgan fingerprint density at radius 1 is 1.18 bits per heavy atom. The molecule has 7 nitrogen and oxygen atoms in total. The predicted molar refractivity (Wildman–Crippen MR) is 81.6 cm³/mol. The molecular weight excluding hydrogens is 284 g/mol. The van der Waals surface area contributed by atoms with Crippen molar-refractivity contribution in [3.8, 4) is 11.5 Å². The molecule has 0 bridgehead atoms. The van der Waals surface area contributed by atoms with E-state index in [-0.39, 0.29) is 6.61 Å². The maximum absolute atomic E-state index is 8.93. The third kappa shape index (κ3) is 4.19. The monoisotopic (exact) mass is 306 g/mol. The summed E-state index contributed by atoms with van der Waals surface area (Å²) in [6.45, 7) is 3.91. The van der Waals surface area contributed by atoms with Crippen LogP contribution in [0, 0.1) is 0 Å². The molecule has 0 saturated carbocycles. The fraction of sp³-hybridized carbons (Fsp3) is 0.467. The quantitative estimate of drug-likeness (QED) is 0.720. The van der Waals surface area contributed by atoms with Gasteiger partial charge in [-0.05, 0) is 37.6 Å². The van der Waals surface area contributed by atoms with Crippen LogP contribution in [0.5, 0.6) is 11.5 Å². The first-order valence-corrected chi connectivity index (χ1v) is 7.36. The summed E-state index contributed by atoms with van der Waals surface area (Å²) in [5.41, 5.74) is 7.23. The van der Waals surface area contributed by atoms with Crippen molar-refractivity contribution in [3.63, 3.8) is 0 Å². The molecule has 0 amide bonds. The van der Waals surface area contributed by atoms with Gasteiger partial charge in [0, 0.05) is 19.7 Å². The average molecular weight is 306 g/mol. The molecule has 0 spiro atoms. The number of hydrogen-bond donors (Lipinski definition) is 2. The van der Waals surface area contributed by atoms with Gasteiger partial charge in [0.2, 0.25) is 0 Å². The first-order valence-electron chi connectivity index (χ1n) is 7.36. The standard InChI is InChI=1S/C15H22N4O3/c1-2-21-12-4-6-13(7-5-12)22-11-15-14(10-16)17-18-19(15)8-3-9-20/h4-7,20H,2-3,8-11,16H2,1H3. The highest BCUT2D eigenvalue weighted by atomic mass is 16.5. The third-order valence-electron chi connectivity index (χ3n) is 3.15. The largest absolute Gasteiger partial charge is 0.494 e. The Balaban J connectivity index is 2.01. The zero-order chi connectivity index (χ0) is 15.8. The van der Waals surface area contributed by atoms with E-state index in [4.69, 9.17) is 20.3 Å². The molecule has 0 aliphatic rings. The number of nitrogens with two attached hydrogens (primary N) is 1. The topological polar surface area (TPSA) is 95.4 Å². The SMILES string of the molecule is CCOc1ccc(OCc2c(CN)nnn2CCCO)cc1. The Morgan fingerprint density at radius 3 is 2.45 bits per heavy atom. The fourth-order valence-corrected chi connectivity index (χ4v) is 2.04. The summed E-state index contributed by atoms with van der Waals surface area (Å²) >= 11 is 0. The van der Waals surface area contributed by atoms with E-state index in [0.717, 1.165) is 17.2 Å². The first-order chi connectivity index (χ1) is 10.8. The van der Waals surface area contributed by atoms with Crippen molar-refractivity contribution in [1.82, 2.24) is 15.0 Å². The van der Waals surface area contributed by atoms with Crippen molar-refractivity contribution < 1.29 is 14.6 Å². The van der Waals surface area contributed by atoms with Gasteiger partial charge in [0.1, 0.15) is 29.5 Å². The molecule has 3 N–H and O–H groups in total. The van der Waals surface area contributed by atoms with E-state index in [1.54, 1.807) is 4.68 Å². The molecule has 0 fully saturated rings. The minimum absolute atomic E-state index is 0.108. The van der Waals surface area contributed by atoms with Gasteiger partial charge in [-0.1, -0.05) is 5.21 Å². The Kier molecular flexibility index (Phi) is 6.17. The number of hydrogen-bond acceptors (Lipinski definition) is 6. The van der Waals surface area contributed by atoms with Gasteiger partial charge < -0.3 is 20.3 Å². The van der Waals surface area contributed by atoms with Crippen LogP contribution in [0.4, 0.5) is 0 Å². The van der Waals surface area contributed by atoms with Gasteiger partial charge >= 0.3 is 0 Å². The number of ether oxygens (including phenoxy) is 2. The summed E-state index contributed by atoms with van der Waals surface area (Å²) in [4.78, 5) is 0. The van der Waals surface area contributed by atoms with E-state index in [0.29, 0.717) is 38.4 Å². The van der Waals surface area contributed by atoms with Crippen molar-refractivity contribution in [2.24, 2.45) is 5.73 Å². The van der Waals surface area contributed by atoms with E-state index in [9.17, 15) is 0 Å². The van der Waals surface area contributed by atoms with Crippen LogP contribution >= 0.6 is 0 Å². The van der Waals surface area contributed by atoms with Crippen LogP contribution in [0.3, 0.4) is 0 Å². The molecule has 0 aliphatic heterocycles. The van der Waals surface area contributed by atoms with Gasteiger partial charge in [0.05, 0.1) is 6.61 Å². The van der Waals surface area contributed by atoms with Gasteiger partial charge in [-0.25, -0.2) is 4.68 Å². The molecule has 0 unspecified atom stereocenters. The van der Waals surface area contributed by atoms with Gasteiger partial charge in [-0.2, -0.15) is 0 Å². The number of aliphatic hydroxyl groups excluding tert-OH is 1. The van der Waals surface area contributed by atoms with Gasteiger partial charge in [0.25, 0.3) is 0 Å². The molecule has 0 radical (unpaired) electrons. The average Bonchev–Trinajstić information content (AvgIpc) is 2.94. The summed E-state index contributed by atoms with van der Waals surface area (Å²) in [5.74, 6) is 1.55. The smallest absolute Gasteiger partial charge is 0.132 e. The zero-order valence-electron chi connectivity index (χ0n) is 12.7. The Morgan fingerprint density at radius 2 is 1.86 bits per heavy atom. The van der Waals surface area contributed by atoms with Crippen molar-refractivity contribution in [2.75, 3.05) is 13.2 Å². The molecule has 0 aliphatic carbocycles. The second kappa shape index (κ2) is 8.35. The Bertz CT molecular complexity index is 569. The number of rotatable bonds is 9. The third-order valence-corrected chi connectivity index (χ3v) is 3.15. The van der Waals surface area contributed by atoms with Crippen molar-refractivity contribution in [1.29, 1.82) is 0 Å². The van der Waals surface area contributed by atoms with E-state index in [1.807, 2.05) is 31.2 Å². The molecular formula is C15H22N4O3. The van der Waals surface area contributed by atoms with Gasteiger partial charge in [-0.3, -0.25) is 0 Å². The lowest BCUT2D eigenvalue weighted by atomic mass is 10.3. The van der Waals surface area contributed by atoms with Crippen LogP contribution in [-0.2, 0) is 19.7 Å². The second-order valence-corrected chi connectivity index (χ2v) is 4.68. The van der Waals surface area contributed by atoms with Crippen LogP contribution in [0.25, 0.3) is 0 Å². The van der Waals surface area contributed by atoms with Crippen LogP contribution in [-0.4, -0.2) is 33.3 Å². The lowest BCUT2D eigenvalue weighted by Gasteiger charge is -2.10. The lowest BCUT2D eigenvalue weighted by Crippen LogP contribution is -2.11. The molecule has 22 heavy (non-hydrogen) atoms. The van der Waals surface area contributed by atoms with E-state index < -0.39 is 0 Å². The van der Waals surface area contributed by atoms with E-state index >= 15 is 0 Å². The molecule has 1 aromatic carbocycles. The number of benzene rings is 1. The molecule has 120 valence electrons. The Hall–Kier alpha value is -2.12. The molecule has 7 heteroatoms. The van der Waals surface area contributed by atoms with Crippen LogP contribution in [0.15, 0.2) is 24.3 Å². The van der Waals surface area contributed by atoms with E-state index in [1.165, 1.54) is 0 Å². The zero-order valence-corrected chi connectivity index (χ0v) is 12.7. The maximum atomic E-state index is 8.93. The Labute approximate surface area is 129 Å². The minimum atomic E-state index is 0.108. The number of aryl methyl sites for hydroxylation is 1. The first kappa shape index (κ1) is 16.3. The summed E-state index contributed by atoms with van der Waals surface area (Å²) in [6, 6.07) is 7.44. The highest BCUT2D eigenvalue weighted by molar-refractivity contribution is 5.31. The number of aliphatic hydroxyl groups is 1. The highest BCUT2D eigenvalue weighted by Crippen LogP contribution is 2.19. The summed E-state index contributed by atoms with van der Waals surface area (Å²) in [5, 5.41) is 17.0. The lowest BCUT2D eigenvalue weighted by molar-refractivity contribution is 0.264. The van der Waals surface area contributed by atoms with Crippen molar-refractivity contribution in [3.05, 3.63) is 35.7 Å². The molecule has 0 atom stereocenters. The van der Waals surface area contributed by atoms with Gasteiger partial charge in [-0.15, -0.1) is 5.10 Å². The van der Waals surface area contributed by atoms with Crippen LogP contribution in [0.2, 0.25) is 0 Å². The molecule has 1 aromatic heterocycles. The highest BCUT2D eigenvalue weighted by Gasteiger charge is 2.12.